The van der Waals surface area contributed by atoms with Gasteiger partial charge in [-0.05, 0) is 50.1 Å². The van der Waals surface area contributed by atoms with Crippen LogP contribution in [0.3, 0.4) is 0 Å². The highest BCUT2D eigenvalue weighted by Crippen LogP contribution is 2.31. The molecule has 30 heavy (non-hydrogen) atoms. The fourth-order valence-corrected chi connectivity index (χ4v) is 4.17. The molecule has 1 heterocycles. The van der Waals surface area contributed by atoms with Crippen molar-refractivity contribution in [3.63, 3.8) is 0 Å². The van der Waals surface area contributed by atoms with Gasteiger partial charge in [-0.2, -0.15) is 0 Å². The number of amides is 1. The van der Waals surface area contributed by atoms with Crippen molar-refractivity contribution >= 4 is 29.1 Å². The third-order valence-corrected chi connectivity index (χ3v) is 5.96. The van der Waals surface area contributed by atoms with Crippen LogP contribution in [0.2, 0.25) is 0 Å². The van der Waals surface area contributed by atoms with Gasteiger partial charge in [0.1, 0.15) is 11.6 Å². The average molecular weight is 429 g/mol. The third kappa shape index (κ3) is 5.67. The fourth-order valence-electron chi connectivity index (χ4n) is 3.10. The van der Waals surface area contributed by atoms with E-state index in [0.29, 0.717) is 39.8 Å². The molecule has 0 aliphatic rings. The first-order valence-corrected chi connectivity index (χ1v) is 10.5. The van der Waals surface area contributed by atoms with Gasteiger partial charge in [0, 0.05) is 41.0 Å². The van der Waals surface area contributed by atoms with E-state index in [2.05, 4.69) is 9.97 Å². The Morgan fingerprint density at radius 1 is 1.30 bits per heavy atom. The molecule has 3 N–H and O–H groups in total. The van der Waals surface area contributed by atoms with Crippen molar-refractivity contribution in [3.05, 3.63) is 63.1 Å². The molecule has 0 fully saturated rings. The first-order valence-electron chi connectivity index (χ1n) is 9.73. The number of hydrogen-bond donors (Lipinski definition) is 2. The van der Waals surface area contributed by atoms with Crippen LogP contribution in [0.15, 0.2) is 35.0 Å². The van der Waals surface area contributed by atoms with Crippen molar-refractivity contribution in [2.24, 2.45) is 0 Å². The standard InChI is InChI=1S/C22H28N4O3S/c1-5-17-8-6-7-14(2)20(17)22(29)30-19(9-10-27)15(3)26(13-28)12-18-11-24-16(4)25-21(18)23/h6-8,11,13,27H,5,9-10,12H2,1-4H3,(H2,23,24,25)/b19-15-. The first kappa shape index (κ1) is 23.6. The molecule has 0 saturated carbocycles. The maximum Gasteiger partial charge on any atom is 0.224 e. The maximum absolute atomic E-state index is 13.1. The van der Waals surface area contributed by atoms with Gasteiger partial charge < -0.3 is 15.7 Å². The number of aryl methyl sites for hydroxylation is 3. The van der Waals surface area contributed by atoms with Gasteiger partial charge >= 0.3 is 0 Å². The van der Waals surface area contributed by atoms with Gasteiger partial charge in [-0.25, -0.2) is 9.97 Å². The maximum atomic E-state index is 13.1. The number of rotatable bonds is 9. The lowest BCUT2D eigenvalue weighted by Gasteiger charge is -2.22. The summed E-state index contributed by atoms with van der Waals surface area (Å²) in [5.74, 6) is 0.857. The molecule has 0 spiro atoms. The Kier molecular flexibility index (Phi) is 8.56. The molecule has 0 atom stereocenters. The Labute approximate surface area is 181 Å². The number of nitrogens with zero attached hydrogens (tertiary/aromatic N) is 3. The van der Waals surface area contributed by atoms with E-state index >= 15 is 0 Å². The van der Waals surface area contributed by atoms with E-state index < -0.39 is 0 Å². The van der Waals surface area contributed by atoms with Crippen molar-refractivity contribution in [1.82, 2.24) is 14.9 Å². The lowest BCUT2D eigenvalue weighted by atomic mass is 10.0. The number of anilines is 1. The highest BCUT2D eigenvalue weighted by Gasteiger charge is 2.20. The van der Waals surface area contributed by atoms with Gasteiger partial charge in [-0.15, -0.1) is 0 Å². The van der Waals surface area contributed by atoms with Gasteiger partial charge in [0.25, 0.3) is 0 Å². The number of hydrogen-bond acceptors (Lipinski definition) is 7. The van der Waals surface area contributed by atoms with Crippen molar-refractivity contribution in [1.29, 1.82) is 0 Å². The largest absolute Gasteiger partial charge is 0.396 e. The molecule has 0 aliphatic heterocycles. The predicted octanol–water partition coefficient (Wildman–Crippen LogP) is 3.38. The summed E-state index contributed by atoms with van der Waals surface area (Å²) in [6.07, 6.45) is 3.28. The molecule has 0 aliphatic carbocycles. The monoisotopic (exact) mass is 428 g/mol. The Morgan fingerprint density at radius 3 is 2.63 bits per heavy atom. The Bertz CT molecular complexity index is 959. The molecule has 1 amide bonds. The molecule has 0 saturated heterocycles. The molecule has 0 bridgehead atoms. The Hall–Kier alpha value is -2.71. The second kappa shape index (κ2) is 10.9. The molecule has 0 unspecified atom stereocenters. The lowest BCUT2D eigenvalue weighted by Crippen LogP contribution is -2.22. The van der Waals surface area contributed by atoms with E-state index in [1.807, 2.05) is 32.0 Å². The van der Waals surface area contributed by atoms with Crippen molar-refractivity contribution in [3.8, 4) is 0 Å². The molecule has 1 aromatic heterocycles. The number of aliphatic hydroxyl groups excluding tert-OH is 1. The summed E-state index contributed by atoms with van der Waals surface area (Å²) in [5, 5.41) is 9.44. The number of aliphatic hydroxyl groups is 1. The number of carbonyl (C=O) groups excluding carboxylic acids is 2. The van der Waals surface area contributed by atoms with Crippen LogP contribution < -0.4 is 5.73 Å². The summed E-state index contributed by atoms with van der Waals surface area (Å²) in [4.78, 5) is 35.2. The van der Waals surface area contributed by atoms with Crippen LogP contribution in [0.1, 0.15) is 53.1 Å². The van der Waals surface area contributed by atoms with Crippen LogP contribution >= 0.6 is 11.8 Å². The number of thioether (sulfide) groups is 1. The molecule has 1 aromatic carbocycles. The van der Waals surface area contributed by atoms with Gasteiger partial charge in [0.15, 0.2) is 0 Å². The summed E-state index contributed by atoms with van der Waals surface area (Å²) in [7, 11) is 0. The highest BCUT2D eigenvalue weighted by atomic mass is 32.2. The summed E-state index contributed by atoms with van der Waals surface area (Å²) in [6, 6.07) is 5.79. The second-order valence-corrected chi connectivity index (χ2v) is 7.96. The minimum absolute atomic E-state index is 0.100. The average Bonchev–Trinajstić information content (AvgIpc) is 2.72. The number of allylic oxidation sites excluding steroid dienone is 1. The minimum Gasteiger partial charge on any atom is -0.396 e. The predicted molar refractivity (Wildman–Crippen MR) is 120 cm³/mol. The van der Waals surface area contributed by atoms with Gasteiger partial charge in [0.2, 0.25) is 11.5 Å². The van der Waals surface area contributed by atoms with Crippen LogP contribution in [0.25, 0.3) is 0 Å². The number of aromatic nitrogens is 2. The molecular formula is C22H28N4O3S. The van der Waals surface area contributed by atoms with Crippen molar-refractivity contribution in [2.45, 2.75) is 47.1 Å². The van der Waals surface area contributed by atoms with Crippen LogP contribution in [0.4, 0.5) is 5.82 Å². The van der Waals surface area contributed by atoms with E-state index in [4.69, 9.17) is 5.73 Å². The van der Waals surface area contributed by atoms with Gasteiger partial charge in [-0.3, -0.25) is 9.59 Å². The van der Waals surface area contributed by atoms with E-state index in [0.717, 1.165) is 29.3 Å². The zero-order valence-corrected chi connectivity index (χ0v) is 18.6. The summed E-state index contributed by atoms with van der Waals surface area (Å²) < 4.78 is 0. The van der Waals surface area contributed by atoms with E-state index in [9.17, 15) is 14.7 Å². The number of nitrogen functional groups attached to an aromatic ring is 1. The highest BCUT2D eigenvalue weighted by molar-refractivity contribution is 8.17. The van der Waals surface area contributed by atoms with E-state index in [1.54, 1.807) is 20.0 Å². The number of benzene rings is 1. The van der Waals surface area contributed by atoms with Gasteiger partial charge in [-0.1, -0.05) is 25.1 Å². The second-order valence-electron chi connectivity index (χ2n) is 6.90. The van der Waals surface area contributed by atoms with Crippen LogP contribution in [0, 0.1) is 13.8 Å². The summed E-state index contributed by atoms with van der Waals surface area (Å²) in [5.41, 5.74) is 9.72. The fraction of sp³-hybridized carbons (Fsp3) is 0.364. The van der Waals surface area contributed by atoms with Crippen LogP contribution in [-0.4, -0.2) is 38.1 Å². The summed E-state index contributed by atoms with van der Waals surface area (Å²) >= 11 is 1.05. The van der Waals surface area contributed by atoms with E-state index in [-0.39, 0.29) is 24.7 Å². The normalized spacial score (nSPS) is 11.8. The van der Waals surface area contributed by atoms with Crippen LogP contribution in [-0.2, 0) is 17.8 Å². The van der Waals surface area contributed by atoms with E-state index in [1.165, 1.54) is 4.90 Å². The third-order valence-electron chi connectivity index (χ3n) is 4.82. The van der Waals surface area contributed by atoms with Crippen LogP contribution in [0.5, 0.6) is 0 Å². The topological polar surface area (TPSA) is 109 Å². The lowest BCUT2D eigenvalue weighted by molar-refractivity contribution is -0.116. The number of carbonyl (C=O) groups is 2. The molecule has 160 valence electrons. The van der Waals surface area contributed by atoms with Gasteiger partial charge in [0.05, 0.1) is 6.54 Å². The number of nitrogens with two attached hydrogens (primary N) is 1. The smallest absolute Gasteiger partial charge is 0.224 e. The van der Waals surface area contributed by atoms with Crippen molar-refractivity contribution in [2.75, 3.05) is 12.3 Å². The zero-order valence-electron chi connectivity index (χ0n) is 17.8. The van der Waals surface area contributed by atoms with Crippen molar-refractivity contribution < 1.29 is 14.7 Å². The zero-order chi connectivity index (χ0) is 22.3. The Morgan fingerprint density at radius 2 is 2.03 bits per heavy atom. The SMILES string of the molecule is CCc1cccc(C)c1C(=O)S/C(CCO)=C(/C)N(C=O)Cc1cnc(C)nc1N. The molecule has 8 heteroatoms. The molecule has 0 radical (unpaired) electrons. The molecule has 7 nitrogen and oxygen atoms in total. The molecular weight excluding hydrogens is 400 g/mol. The minimum atomic E-state index is -0.135. The first-order chi connectivity index (χ1) is 14.3. The summed E-state index contributed by atoms with van der Waals surface area (Å²) in [6.45, 7) is 7.45. The molecule has 2 aromatic rings. The molecule has 2 rings (SSSR count). The quantitative estimate of drug-likeness (QED) is 0.589. The Balaban J connectivity index is 2.35.